The summed E-state index contributed by atoms with van der Waals surface area (Å²) in [5, 5.41) is 12.9. The summed E-state index contributed by atoms with van der Waals surface area (Å²) in [5.74, 6) is -0.136. The van der Waals surface area contributed by atoms with Crippen LogP contribution in [0.15, 0.2) is 37.1 Å². The van der Waals surface area contributed by atoms with Crippen molar-refractivity contribution in [2.75, 3.05) is 0 Å². The third-order valence-electron chi connectivity index (χ3n) is 6.93. The van der Waals surface area contributed by atoms with E-state index in [1.807, 2.05) is 25.3 Å². The number of hydrogen-bond acceptors (Lipinski definition) is 1. The number of alkyl halides is 1. The van der Waals surface area contributed by atoms with Gasteiger partial charge in [0.2, 0.25) is 0 Å². The van der Waals surface area contributed by atoms with Gasteiger partial charge < -0.3 is 14.9 Å². The van der Waals surface area contributed by atoms with Crippen molar-refractivity contribution in [2.24, 2.45) is 11.3 Å². The largest absolute Gasteiger partial charge is 0.377 e. The van der Waals surface area contributed by atoms with E-state index in [0.29, 0.717) is 6.42 Å². The van der Waals surface area contributed by atoms with E-state index < -0.39 is 17.1 Å². The van der Waals surface area contributed by atoms with E-state index >= 15 is 0 Å². The number of H-pyrrole nitrogens is 1. The van der Waals surface area contributed by atoms with Crippen molar-refractivity contribution in [2.45, 2.75) is 49.6 Å². The number of halogens is 1. The van der Waals surface area contributed by atoms with Crippen LogP contribution < -0.4 is 0 Å². The summed E-state index contributed by atoms with van der Waals surface area (Å²) in [6.45, 7) is 18.1. The van der Waals surface area contributed by atoms with Gasteiger partial charge in [0.15, 0.2) is 5.60 Å². The van der Waals surface area contributed by atoms with Crippen LogP contribution in [0.25, 0.3) is 15.7 Å². The van der Waals surface area contributed by atoms with Gasteiger partial charge in [0, 0.05) is 28.6 Å². The minimum absolute atomic E-state index is 0.136. The summed E-state index contributed by atoms with van der Waals surface area (Å²) >= 11 is 6.78. The quantitative estimate of drug-likeness (QED) is 0.433. The molecular formula is C21H23ClN2O. The number of nitrogens with zero attached hydrogens (tertiary/aromatic N) is 1. The first-order chi connectivity index (χ1) is 11.7. The highest BCUT2D eigenvalue weighted by atomic mass is 35.5. The first kappa shape index (κ1) is 16.7. The molecule has 130 valence electrons. The Labute approximate surface area is 153 Å². The van der Waals surface area contributed by atoms with Crippen LogP contribution in [-0.4, -0.2) is 21.5 Å². The van der Waals surface area contributed by atoms with E-state index in [4.69, 9.17) is 18.2 Å². The van der Waals surface area contributed by atoms with E-state index in [1.165, 1.54) is 5.56 Å². The van der Waals surface area contributed by atoms with Gasteiger partial charge in [0.1, 0.15) is 0 Å². The Bertz CT molecular complexity index is 924. The van der Waals surface area contributed by atoms with Crippen molar-refractivity contribution in [1.82, 2.24) is 4.98 Å². The molecule has 2 N–H and O–H groups in total. The number of fused-ring (bicyclic) bond motifs is 2. The Hall–Kier alpha value is -1.76. The fourth-order valence-corrected chi connectivity index (χ4v) is 5.75. The highest BCUT2D eigenvalue weighted by Crippen LogP contribution is 2.62. The summed E-state index contributed by atoms with van der Waals surface area (Å²) in [6.07, 6.45) is 4.28. The van der Waals surface area contributed by atoms with Gasteiger partial charge in [-0.05, 0) is 30.4 Å². The lowest BCUT2D eigenvalue weighted by atomic mass is 9.49. The van der Waals surface area contributed by atoms with Gasteiger partial charge in [-0.25, -0.2) is 6.57 Å². The molecule has 1 saturated carbocycles. The van der Waals surface area contributed by atoms with Gasteiger partial charge in [0.05, 0.1) is 10.8 Å². The molecule has 2 aliphatic carbocycles. The number of aromatic amines is 1. The third-order valence-corrected chi connectivity index (χ3v) is 7.57. The van der Waals surface area contributed by atoms with E-state index in [0.717, 1.165) is 16.5 Å². The van der Waals surface area contributed by atoms with Crippen LogP contribution in [0.2, 0.25) is 0 Å². The first-order valence-electron chi connectivity index (χ1n) is 8.70. The van der Waals surface area contributed by atoms with Crippen LogP contribution in [-0.2, 0) is 11.0 Å². The first-order valence-corrected chi connectivity index (χ1v) is 9.14. The topological polar surface area (TPSA) is 40.4 Å². The van der Waals surface area contributed by atoms with E-state index in [2.05, 4.69) is 36.3 Å². The summed E-state index contributed by atoms with van der Waals surface area (Å²) < 4.78 is 0. The maximum absolute atomic E-state index is 12.1. The van der Waals surface area contributed by atoms with Crippen LogP contribution in [0, 0.1) is 17.9 Å². The number of hydrogen-bond donors (Lipinski definition) is 2. The standard InChI is InChI=1S/C21H23ClN2O/c1-6-20(4)16(22)10-15-19(2,3)12-8-7-9-14-17(12)13(11-24-14)21(15,25)18(20)23-5/h6-9,11,15-16,18,24-25H,1,10H2,2-4H3/t15-,16-,18+,20+,21+/m1/s1. The molecule has 4 heteroatoms. The normalized spacial score (nSPS) is 38.8. The summed E-state index contributed by atoms with van der Waals surface area (Å²) in [7, 11) is 0. The third kappa shape index (κ3) is 1.75. The SMILES string of the molecule is [C-]#[N+][C@H]1[C@@](C)(C=C)[C@H](Cl)C[C@@H]2C(C)(C)c3cccc4[nH]cc(c34)[C@]21O. The lowest BCUT2D eigenvalue weighted by Gasteiger charge is -2.56. The molecule has 1 aromatic heterocycles. The molecule has 2 aromatic rings. The molecule has 4 rings (SSSR count). The lowest BCUT2D eigenvalue weighted by molar-refractivity contribution is -0.115. The predicted molar refractivity (Wildman–Crippen MR) is 102 cm³/mol. The summed E-state index contributed by atoms with van der Waals surface area (Å²) in [5.41, 5.74) is 0.852. The van der Waals surface area contributed by atoms with Crippen molar-refractivity contribution in [1.29, 1.82) is 0 Å². The van der Waals surface area contributed by atoms with Crippen LogP contribution in [0.5, 0.6) is 0 Å². The number of nitrogens with one attached hydrogen (secondary N) is 1. The smallest absolute Gasteiger partial charge is 0.266 e. The molecule has 0 spiro atoms. The van der Waals surface area contributed by atoms with Crippen LogP contribution in [0.4, 0.5) is 0 Å². The van der Waals surface area contributed by atoms with E-state index in [-0.39, 0.29) is 16.7 Å². The minimum Gasteiger partial charge on any atom is -0.377 e. The Morgan fingerprint density at radius 2 is 2.08 bits per heavy atom. The molecule has 1 fully saturated rings. The molecule has 25 heavy (non-hydrogen) atoms. The molecule has 5 atom stereocenters. The van der Waals surface area contributed by atoms with Crippen LogP contribution in [0.1, 0.15) is 38.3 Å². The van der Waals surface area contributed by atoms with Gasteiger partial charge in [-0.3, -0.25) is 0 Å². The van der Waals surface area contributed by atoms with Crippen molar-refractivity contribution >= 4 is 22.5 Å². The van der Waals surface area contributed by atoms with Crippen molar-refractivity contribution in [3.8, 4) is 0 Å². The molecular weight excluding hydrogens is 332 g/mol. The molecule has 1 aromatic carbocycles. The Balaban J connectivity index is 2.11. The highest BCUT2D eigenvalue weighted by Gasteiger charge is 2.69. The van der Waals surface area contributed by atoms with E-state index in [9.17, 15) is 5.11 Å². The van der Waals surface area contributed by atoms with Gasteiger partial charge in [0.25, 0.3) is 6.04 Å². The molecule has 0 radical (unpaired) electrons. The number of aliphatic hydroxyl groups is 1. The number of benzene rings is 1. The van der Waals surface area contributed by atoms with E-state index in [1.54, 1.807) is 6.08 Å². The second-order valence-electron chi connectivity index (χ2n) is 8.34. The second kappa shape index (κ2) is 4.90. The van der Waals surface area contributed by atoms with Gasteiger partial charge in [-0.2, -0.15) is 0 Å². The molecule has 3 nitrogen and oxygen atoms in total. The molecule has 1 heterocycles. The maximum Gasteiger partial charge on any atom is 0.266 e. The number of aromatic nitrogens is 1. The van der Waals surface area contributed by atoms with Gasteiger partial charge in [-0.15, -0.1) is 18.2 Å². The zero-order valence-corrected chi connectivity index (χ0v) is 15.6. The average Bonchev–Trinajstić information content (AvgIpc) is 3.02. The fraction of sp³-hybridized carbons (Fsp3) is 0.476. The minimum atomic E-state index is -1.26. The van der Waals surface area contributed by atoms with Crippen molar-refractivity contribution in [3.63, 3.8) is 0 Å². The Morgan fingerprint density at radius 1 is 1.36 bits per heavy atom. The highest BCUT2D eigenvalue weighted by molar-refractivity contribution is 6.21. The van der Waals surface area contributed by atoms with Crippen molar-refractivity contribution < 1.29 is 5.11 Å². The van der Waals surface area contributed by atoms with Gasteiger partial charge in [-0.1, -0.05) is 32.1 Å². The Morgan fingerprint density at radius 3 is 2.72 bits per heavy atom. The predicted octanol–water partition coefficient (Wildman–Crippen LogP) is 4.75. The fourth-order valence-electron chi connectivity index (χ4n) is 5.36. The molecule has 0 aliphatic heterocycles. The van der Waals surface area contributed by atoms with Crippen molar-refractivity contribution in [3.05, 3.63) is 59.6 Å². The summed E-state index contributed by atoms with van der Waals surface area (Å²) in [4.78, 5) is 7.21. The lowest BCUT2D eigenvalue weighted by Crippen LogP contribution is -2.64. The zero-order chi connectivity index (χ0) is 18.2. The molecule has 0 saturated heterocycles. The monoisotopic (exact) mass is 354 g/mol. The summed E-state index contributed by atoms with van der Waals surface area (Å²) in [6, 6.07) is 5.53. The Kier molecular flexibility index (Phi) is 3.27. The number of rotatable bonds is 1. The van der Waals surface area contributed by atoms with Crippen LogP contribution >= 0.6 is 11.6 Å². The van der Waals surface area contributed by atoms with Gasteiger partial charge >= 0.3 is 0 Å². The zero-order valence-electron chi connectivity index (χ0n) is 14.8. The molecule has 0 amide bonds. The molecule has 2 aliphatic rings. The second-order valence-corrected chi connectivity index (χ2v) is 8.86. The molecule has 0 bridgehead atoms. The van der Waals surface area contributed by atoms with Crippen LogP contribution in [0.3, 0.4) is 0 Å². The molecule has 0 unspecified atom stereocenters. The maximum atomic E-state index is 12.1. The average molecular weight is 355 g/mol.